The van der Waals surface area contributed by atoms with Crippen molar-refractivity contribution in [3.8, 4) is 0 Å². The number of aryl methyl sites for hydroxylation is 1. The van der Waals surface area contributed by atoms with E-state index in [1.165, 1.54) is 6.33 Å². The molecule has 1 rings (SSSR count). The van der Waals surface area contributed by atoms with Gasteiger partial charge >= 0.3 is 5.97 Å². The maximum atomic E-state index is 10.2. The van der Waals surface area contributed by atoms with Crippen LogP contribution < -0.4 is 0 Å². The predicted molar refractivity (Wildman–Crippen MR) is 49.4 cm³/mol. The van der Waals surface area contributed by atoms with Gasteiger partial charge in [0, 0.05) is 12.8 Å². The highest BCUT2D eigenvalue weighted by Gasteiger charge is 2.01. The first-order chi connectivity index (χ1) is 6.20. The van der Waals surface area contributed by atoms with E-state index in [9.17, 15) is 4.79 Å². The second-order valence-corrected chi connectivity index (χ2v) is 3.60. The normalized spacial score (nSPS) is 10.2. The van der Waals surface area contributed by atoms with Crippen LogP contribution in [0.1, 0.15) is 12.2 Å². The van der Waals surface area contributed by atoms with E-state index < -0.39 is 5.97 Å². The molecule has 0 aliphatic carbocycles. The molecule has 0 atom stereocenters. The summed E-state index contributed by atoms with van der Waals surface area (Å²) in [6.45, 7) is 0. The minimum Gasteiger partial charge on any atom is -0.481 e. The van der Waals surface area contributed by atoms with E-state index in [0.29, 0.717) is 11.5 Å². The highest BCUT2D eigenvalue weighted by atomic mass is 32.2. The lowest BCUT2D eigenvalue weighted by atomic mass is 10.5. The van der Waals surface area contributed by atoms with Crippen molar-refractivity contribution in [2.24, 2.45) is 7.05 Å². The minimum atomic E-state index is -0.759. The maximum Gasteiger partial charge on any atom is 0.304 e. The molecular formula is C7H11N3O2S. The lowest BCUT2D eigenvalue weighted by Gasteiger charge is -1.98. The van der Waals surface area contributed by atoms with Crippen LogP contribution in [0.15, 0.2) is 6.33 Å². The molecule has 6 heteroatoms. The number of hydrogen-bond acceptors (Lipinski definition) is 4. The van der Waals surface area contributed by atoms with Crippen LogP contribution in [0.25, 0.3) is 0 Å². The summed E-state index contributed by atoms with van der Waals surface area (Å²) >= 11 is 1.55. The van der Waals surface area contributed by atoms with Gasteiger partial charge in [-0.05, 0) is 0 Å². The lowest BCUT2D eigenvalue weighted by Crippen LogP contribution is -2.00. The first-order valence-electron chi connectivity index (χ1n) is 3.82. The molecule has 0 unspecified atom stereocenters. The standard InChI is InChI=1S/C7H11N3O2S/c1-10-6(8-5-9-10)4-13-3-2-7(11)12/h5H,2-4H2,1H3,(H,11,12). The molecule has 0 spiro atoms. The molecule has 0 bridgehead atoms. The fourth-order valence-corrected chi connectivity index (χ4v) is 1.68. The van der Waals surface area contributed by atoms with Crippen molar-refractivity contribution >= 4 is 17.7 Å². The van der Waals surface area contributed by atoms with E-state index in [1.54, 1.807) is 16.4 Å². The Morgan fingerprint density at radius 2 is 2.54 bits per heavy atom. The zero-order valence-corrected chi connectivity index (χ0v) is 8.12. The summed E-state index contributed by atoms with van der Waals surface area (Å²) in [6, 6.07) is 0. The van der Waals surface area contributed by atoms with Crippen molar-refractivity contribution in [2.75, 3.05) is 5.75 Å². The molecule has 1 aromatic rings. The van der Waals surface area contributed by atoms with Gasteiger partial charge < -0.3 is 5.11 Å². The average molecular weight is 201 g/mol. The summed E-state index contributed by atoms with van der Waals surface area (Å²) in [7, 11) is 1.82. The third-order valence-corrected chi connectivity index (χ3v) is 2.45. The van der Waals surface area contributed by atoms with Crippen molar-refractivity contribution in [3.63, 3.8) is 0 Å². The van der Waals surface area contributed by atoms with Crippen molar-refractivity contribution < 1.29 is 9.90 Å². The van der Waals surface area contributed by atoms with Crippen molar-refractivity contribution in [1.82, 2.24) is 14.8 Å². The van der Waals surface area contributed by atoms with Crippen molar-refractivity contribution in [1.29, 1.82) is 0 Å². The van der Waals surface area contributed by atoms with E-state index in [0.717, 1.165) is 5.82 Å². The van der Waals surface area contributed by atoms with E-state index in [1.807, 2.05) is 7.05 Å². The monoisotopic (exact) mass is 201 g/mol. The van der Waals surface area contributed by atoms with Crippen LogP contribution in [0.5, 0.6) is 0 Å². The van der Waals surface area contributed by atoms with Gasteiger partial charge in [-0.1, -0.05) is 0 Å². The van der Waals surface area contributed by atoms with Gasteiger partial charge in [0.1, 0.15) is 12.2 Å². The average Bonchev–Trinajstić information content (AvgIpc) is 2.45. The van der Waals surface area contributed by atoms with Gasteiger partial charge in [-0.25, -0.2) is 4.98 Å². The third kappa shape index (κ3) is 3.45. The number of aromatic nitrogens is 3. The fraction of sp³-hybridized carbons (Fsp3) is 0.571. The Labute approximate surface area is 80.2 Å². The van der Waals surface area contributed by atoms with Crippen LogP contribution in [0.2, 0.25) is 0 Å². The number of hydrogen-bond donors (Lipinski definition) is 1. The molecule has 0 amide bonds. The van der Waals surface area contributed by atoms with Gasteiger partial charge in [0.25, 0.3) is 0 Å². The van der Waals surface area contributed by atoms with Crippen LogP contribution in [-0.2, 0) is 17.6 Å². The van der Waals surface area contributed by atoms with Crippen LogP contribution >= 0.6 is 11.8 Å². The van der Waals surface area contributed by atoms with Gasteiger partial charge in [-0.3, -0.25) is 9.48 Å². The van der Waals surface area contributed by atoms with E-state index in [4.69, 9.17) is 5.11 Å². The lowest BCUT2D eigenvalue weighted by molar-refractivity contribution is -0.136. The van der Waals surface area contributed by atoms with E-state index in [2.05, 4.69) is 10.1 Å². The summed E-state index contributed by atoms with van der Waals surface area (Å²) in [6.07, 6.45) is 1.69. The number of aliphatic carboxylic acids is 1. The molecule has 5 nitrogen and oxygen atoms in total. The van der Waals surface area contributed by atoms with Gasteiger partial charge in [0.2, 0.25) is 0 Å². The molecule has 1 N–H and O–H groups in total. The molecule has 0 aromatic carbocycles. The molecule has 0 aliphatic heterocycles. The number of rotatable bonds is 5. The Bertz CT molecular complexity index is 287. The van der Waals surface area contributed by atoms with Crippen LogP contribution in [0.4, 0.5) is 0 Å². The van der Waals surface area contributed by atoms with Crippen molar-refractivity contribution in [2.45, 2.75) is 12.2 Å². The Morgan fingerprint density at radius 1 is 1.77 bits per heavy atom. The fourth-order valence-electron chi connectivity index (χ4n) is 0.774. The molecule has 0 radical (unpaired) electrons. The summed E-state index contributed by atoms with van der Waals surface area (Å²) in [5, 5.41) is 12.3. The molecule has 0 saturated carbocycles. The molecule has 0 aliphatic rings. The zero-order chi connectivity index (χ0) is 9.68. The highest BCUT2D eigenvalue weighted by Crippen LogP contribution is 2.09. The van der Waals surface area contributed by atoms with Crippen molar-refractivity contribution in [3.05, 3.63) is 12.2 Å². The summed E-state index contributed by atoms with van der Waals surface area (Å²) < 4.78 is 1.69. The summed E-state index contributed by atoms with van der Waals surface area (Å²) in [5.41, 5.74) is 0. The maximum absolute atomic E-state index is 10.2. The van der Waals surface area contributed by atoms with Crippen LogP contribution in [0.3, 0.4) is 0 Å². The number of carbonyl (C=O) groups is 1. The molecule has 1 aromatic heterocycles. The molecule has 0 fully saturated rings. The Balaban J connectivity index is 2.20. The topological polar surface area (TPSA) is 68.0 Å². The Hall–Kier alpha value is -1.04. The number of thioether (sulfide) groups is 1. The smallest absolute Gasteiger partial charge is 0.304 e. The molecular weight excluding hydrogens is 190 g/mol. The van der Waals surface area contributed by atoms with Gasteiger partial charge in [0.15, 0.2) is 0 Å². The first kappa shape index (κ1) is 10.0. The SMILES string of the molecule is Cn1ncnc1CSCCC(=O)O. The quantitative estimate of drug-likeness (QED) is 0.703. The molecule has 72 valence electrons. The molecule has 13 heavy (non-hydrogen) atoms. The third-order valence-electron chi connectivity index (χ3n) is 1.50. The number of nitrogens with zero attached hydrogens (tertiary/aromatic N) is 3. The van der Waals surface area contributed by atoms with Gasteiger partial charge in [-0.2, -0.15) is 16.9 Å². The molecule has 0 saturated heterocycles. The second-order valence-electron chi connectivity index (χ2n) is 2.50. The summed E-state index contributed by atoms with van der Waals surface area (Å²) in [4.78, 5) is 14.2. The van der Waals surface area contributed by atoms with E-state index >= 15 is 0 Å². The Kier molecular flexibility index (Phi) is 3.75. The highest BCUT2D eigenvalue weighted by molar-refractivity contribution is 7.98. The zero-order valence-electron chi connectivity index (χ0n) is 7.30. The van der Waals surface area contributed by atoms with Crippen LogP contribution in [-0.4, -0.2) is 31.6 Å². The van der Waals surface area contributed by atoms with Crippen LogP contribution in [0, 0.1) is 0 Å². The van der Waals surface area contributed by atoms with E-state index in [-0.39, 0.29) is 6.42 Å². The largest absolute Gasteiger partial charge is 0.481 e. The predicted octanol–water partition coefficient (Wildman–Crippen LogP) is 0.523. The molecule has 1 heterocycles. The number of carboxylic acids is 1. The second kappa shape index (κ2) is 4.86. The minimum absolute atomic E-state index is 0.197. The summed E-state index contributed by atoms with van der Waals surface area (Å²) in [5.74, 6) is 1.44. The Morgan fingerprint density at radius 3 is 3.08 bits per heavy atom. The first-order valence-corrected chi connectivity index (χ1v) is 4.98. The van der Waals surface area contributed by atoms with Gasteiger partial charge in [0.05, 0.1) is 12.2 Å². The van der Waals surface area contributed by atoms with Gasteiger partial charge in [-0.15, -0.1) is 0 Å². The number of carboxylic acid groups (broad SMARTS) is 1.